The molecule has 1 fully saturated rings. The maximum atomic E-state index is 6.07. The molecule has 0 saturated heterocycles. The van der Waals surface area contributed by atoms with E-state index in [0.717, 1.165) is 12.8 Å². The second kappa shape index (κ2) is 5.10. The van der Waals surface area contributed by atoms with Gasteiger partial charge in [0.05, 0.1) is 5.54 Å². The molecule has 1 aromatic rings. The quantitative estimate of drug-likeness (QED) is 0.865. The fourth-order valence-electron chi connectivity index (χ4n) is 3.33. The summed E-state index contributed by atoms with van der Waals surface area (Å²) in [5.41, 5.74) is 10.3. The monoisotopic (exact) mass is 324 g/mol. The third kappa shape index (κ3) is 3.14. The number of hydrogen-bond donors (Lipinski definition) is 2. The molecule has 1 aliphatic rings. The Kier molecular flexibility index (Phi) is 3.99. The van der Waals surface area contributed by atoms with Crippen molar-refractivity contribution in [1.29, 1.82) is 0 Å². The SMILES string of the molecule is Cc1cc(NC2(CN)CCC(C)(C)C2)cc(C)c1Br. The van der Waals surface area contributed by atoms with E-state index in [1.807, 2.05) is 0 Å². The van der Waals surface area contributed by atoms with Crippen LogP contribution in [0.15, 0.2) is 16.6 Å². The first kappa shape index (κ1) is 14.9. The summed E-state index contributed by atoms with van der Waals surface area (Å²) < 4.78 is 1.20. The van der Waals surface area contributed by atoms with Crippen LogP contribution in [-0.4, -0.2) is 12.1 Å². The number of nitrogens with one attached hydrogen (secondary N) is 1. The lowest BCUT2D eigenvalue weighted by Crippen LogP contribution is -2.43. The summed E-state index contributed by atoms with van der Waals surface area (Å²) in [7, 11) is 0. The van der Waals surface area contributed by atoms with Crippen LogP contribution in [0, 0.1) is 19.3 Å². The van der Waals surface area contributed by atoms with Gasteiger partial charge in [0.1, 0.15) is 0 Å². The molecule has 3 heteroatoms. The fraction of sp³-hybridized carbons (Fsp3) is 0.625. The van der Waals surface area contributed by atoms with Gasteiger partial charge in [-0.05, 0) is 61.8 Å². The number of anilines is 1. The van der Waals surface area contributed by atoms with Gasteiger partial charge in [-0.15, -0.1) is 0 Å². The number of benzene rings is 1. The van der Waals surface area contributed by atoms with Gasteiger partial charge >= 0.3 is 0 Å². The molecule has 0 aromatic heterocycles. The van der Waals surface area contributed by atoms with Crippen LogP contribution in [0.2, 0.25) is 0 Å². The Morgan fingerprint density at radius 3 is 2.21 bits per heavy atom. The zero-order chi connectivity index (χ0) is 14.3. The first-order valence-corrected chi connectivity index (χ1v) is 7.81. The largest absolute Gasteiger partial charge is 0.378 e. The van der Waals surface area contributed by atoms with Crippen molar-refractivity contribution >= 4 is 21.6 Å². The average Bonchev–Trinajstić information content (AvgIpc) is 2.62. The number of rotatable bonds is 3. The highest BCUT2D eigenvalue weighted by molar-refractivity contribution is 9.10. The molecular formula is C16H25BrN2. The van der Waals surface area contributed by atoms with E-state index in [9.17, 15) is 0 Å². The first-order valence-electron chi connectivity index (χ1n) is 7.02. The summed E-state index contributed by atoms with van der Waals surface area (Å²) in [5.74, 6) is 0. The van der Waals surface area contributed by atoms with Gasteiger partial charge < -0.3 is 11.1 Å². The van der Waals surface area contributed by atoms with Crippen LogP contribution in [0.25, 0.3) is 0 Å². The summed E-state index contributed by atoms with van der Waals surface area (Å²) in [5, 5.41) is 3.72. The Balaban J connectivity index is 2.25. The normalized spacial score (nSPS) is 25.6. The summed E-state index contributed by atoms with van der Waals surface area (Å²) in [6, 6.07) is 4.42. The van der Waals surface area contributed by atoms with Crippen LogP contribution in [0.5, 0.6) is 0 Å². The molecule has 0 radical (unpaired) electrons. The Morgan fingerprint density at radius 1 is 1.21 bits per heavy atom. The highest BCUT2D eigenvalue weighted by Gasteiger charge is 2.42. The third-order valence-corrected chi connectivity index (χ3v) is 5.58. The van der Waals surface area contributed by atoms with Crippen LogP contribution in [0.1, 0.15) is 44.2 Å². The summed E-state index contributed by atoms with van der Waals surface area (Å²) in [6.45, 7) is 9.64. The predicted molar refractivity (Wildman–Crippen MR) is 86.7 cm³/mol. The highest BCUT2D eigenvalue weighted by Crippen LogP contribution is 2.45. The van der Waals surface area contributed by atoms with Crippen molar-refractivity contribution in [2.45, 2.75) is 52.5 Å². The number of hydrogen-bond acceptors (Lipinski definition) is 2. The lowest BCUT2D eigenvalue weighted by Gasteiger charge is -2.32. The van der Waals surface area contributed by atoms with Crippen molar-refractivity contribution in [3.63, 3.8) is 0 Å². The second-order valence-corrected chi connectivity index (χ2v) is 7.67. The standard InChI is InChI=1S/C16H25BrN2/c1-11-7-13(8-12(2)14(11)17)19-16(10-18)6-5-15(3,4)9-16/h7-8,19H,5-6,9-10,18H2,1-4H3. The molecule has 3 N–H and O–H groups in total. The van der Waals surface area contributed by atoms with Crippen LogP contribution in [0.3, 0.4) is 0 Å². The second-order valence-electron chi connectivity index (χ2n) is 6.87. The minimum Gasteiger partial charge on any atom is -0.378 e. The van der Waals surface area contributed by atoms with Crippen LogP contribution >= 0.6 is 15.9 Å². The van der Waals surface area contributed by atoms with Crippen molar-refractivity contribution in [3.8, 4) is 0 Å². The number of nitrogens with two attached hydrogens (primary N) is 1. The van der Waals surface area contributed by atoms with Gasteiger partial charge in [0.25, 0.3) is 0 Å². The smallest absolute Gasteiger partial charge is 0.0501 e. The van der Waals surface area contributed by atoms with Crippen molar-refractivity contribution < 1.29 is 0 Å². The zero-order valence-electron chi connectivity index (χ0n) is 12.4. The van der Waals surface area contributed by atoms with E-state index in [4.69, 9.17) is 5.73 Å². The molecule has 2 nitrogen and oxygen atoms in total. The molecule has 0 aliphatic heterocycles. The van der Waals surface area contributed by atoms with E-state index in [-0.39, 0.29) is 5.54 Å². The molecule has 1 saturated carbocycles. The van der Waals surface area contributed by atoms with E-state index < -0.39 is 0 Å². The third-order valence-electron chi connectivity index (χ3n) is 4.33. The molecule has 1 aromatic carbocycles. The lowest BCUT2D eigenvalue weighted by atomic mass is 9.87. The van der Waals surface area contributed by atoms with Crippen LogP contribution in [0.4, 0.5) is 5.69 Å². The van der Waals surface area contributed by atoms with Gasteiger partial charge in [0.15, 0.2) is 0 Å². The van der Waals surface area contributed by atoms with Crippen molar-refractivity contribution in [2.24, 2.45) is 11.1 Å². The Morgan fingerprint density at radius 2 is 1.79 bits per heavy atom. The van der Waals surface area contributed by atoms with E-state index in [1.54, 1.807) is 0 Å². The van der Waals surface area contributed by atoms with E-state index in [0.29, 0.717) is 12.0 Å². The average molecular weight is 325 g/mol. The van der Waals surface area contributed by atoms with E-state index >= 15 is 0 Å². The Bertz CT molecular complexity index is 459. The Labute approximate surface area is 125 Å². The first-order chi connectivity index (χ1) is 8.77. The van der Waals surface area contributed by atoms with Gasteiger partial charge in [0.2, 0.25) is 0 Å². The summed E-state index contributed by atoms with van der Waals surface area (Å²) in [4.78, 5) is 0. The molecule has 0 bridgehead atoms. The van der Waals surface area contributed by atoms with Crippen molar-refractivity contribution in [2.75, 3.05) is 11.9 Å². The van der Waals surface area contributed by atoms with Crippen LogP contribution < -0.4 is 11.1 Å². The lowest BCUT2D eigenvalue weighted by molar-refractivity contribution is 0.351. The molecule has 0 amide bonds. The van der Waals surface area contributed by atoms with Gasteiger partial charge in [-0.2, -0.15) is 0 Å². The Hall–Kier alpha value is -0.540. The van der Waals surface area contributed by atoms with E-state index in [1.165, 1.54) is 27.7 Å². The molecule has 1 aliphatic carbocycles. The minimum absolute atomic E-state index is 0.0657. The molecule has 19 heavy (non-hydrogen) atoms. The number of aryl methyl sites for hydroxylation is 2. The fourth-order valence-corrected chi connectivity index (χ4v) is 3.56. The summed E-state index contributed by atoms with van der Waals surface area (Å²) >= 11 is 3.62. The summed E-state index contributed by atoms with van der Waals surface area (Å²) in [6.07, 6.45) is 3.54. The predicted octanol–water partition coefficient (Wildman–Crippen LogP) is 4.39. The van der Waals surface area contributed by atoms with Gasteiger partial charge in [-0.25, -0.2) is 0 Å². The molecule has 0 heterocycles. The van der Waals surface area contributed by atoms with Crippen molar-refractivity contribution in [3.05, 3.63) is 27.7 Å². The molecule has 1 atom stereocenters. The van der Waals surface area contributed by atoms with E-state index in [2.05, 4.69) is 61.1 Å². The van der Waals surface area contributed by atoms with Crippen LogP contribution in [-0.2, 0) is 0 Å². The van der Waals surface area contributed by atoms with Gasteiger partial charge in [0, 0.05) is 16.7 Å². The maximum absolute atomic E-state index is 6.07. The number of halogens is 1. The zero-order valence-corrected chi connectivity index (χ0v) is 14.0. The van der Waals surface area contributed by atoms with Gasteiger partial charge in [-0.1, -0.05) is 29.8 Å². The molecule has 2 rings (SSSR count). The maximum Gasteiger partial charge on any atom is 0.0501 e. The molecule has 0 spiro atoms. The topological polar surface area (TPSA) is 38.0 Å². The van der Waals surface area contributed by atoms with Gasteiger partial charge in [-0.3, -0.25) is 0 Å². The molecule has 1 unspecified atom stereocenters. The minimum atomic E-state index is 0.0657. The molecule has 106 valence electrons. The highest BCUT2D eigenvalue weighted by atomic mass is 79.9. The van der Waals surface area contributed by atoms with Crippen molar-refractivity contribution in [1.82, 2.24) is 0 Å². The molecular weight excluding hydrogens is 300 g/mol.